The number of benzene rings is 1. The summed E-state index contributed by atoms with van der Waals surface area (Å²) in [5.74, 6) is 1.27. The summed E-state index contributed by atoms with van der Waals surface area (Å²) < 4.78 is 1.70. The van der Waals surface area contributed by atoms with E-state index >= 15 is 0 Å². The molecule has 0 saturated carbocycles. The lowest BCUT2D eigenvalue weighted by molar-refractivity contribution is -0.120. The van der Waals surface area contributed by atoms with Crippen molar-refractivity contribution >= 4 is 5.91 Å². The Bertz CT molecular complexity index is 687. The molecule has 0 aliphatic heterocycles. The van der Waals surface area contributed by atoms with E-state index in [2.05, 4.69) is 15.4 Å². The van der Waals surface area contributed by atoms with Crippen molar-refractivity contribution in [2.45, 2.75) is 52.8 Å². The maximum atomic E-state index is 11.6. The summed E-state index contributed by atoms with van der Waals surface area (Å²) in [5, 5.41) is 17.7. The Balaban J connectivity index is 2.50. The van der Waals surface area contributed by atoms with Crippen LogP contribution in [0.25, 0.3) is 11.4 Å². The Hall–Kier alpha value is -2.21. The van der Waals surface area contributed by atoms with Crippen LogP contribution in [0.2, 0.25) is 0 Å². The van der Waals surface area contributed by atoms with Gasteiger partial charge in [0.25, 0.3) is 0 Å². The van der Waals surface area contributed by atoms with Gasteiger partial charge in [-0.2, -0.15) is 5.10 Å². The number of nitrogens with zero attached hydrogens (tertiary/aromatic N) is 3. The fraction of sp³-hybridized carbons (Fsp3) is 0.500. The van der Waals surface area contributed by atoms with Crippen molar-refractivity contribution in [3.63, 3.8) is 0 Å². The minimum atomic E-state index is -0.936. The Labute approximate surface area is 142 Å². The Morgan fingerprint density at radius 2 is 1.92 bits per heavy atom. The number of aromatic nitrogens is 3. The molecule has 1 heterocycles. The third-order valence-electron chi connectivity index (χ3n) is 3.57. The molecule has 2 rings (SSSR count). The molecule has 1 amide bonds. The second-order valence-electron chi connectivity index (χ2n) is 7.05. The molecule has 2 N–H and O–H groups in total. The van der Waals surface area contributed by atoms with E-state index in [1.54, 1.807) is 18.5 Å². The molecule has 24 heavy (non-hydrogen) atoms. The second-order valence-corrected chi connectivity index (χ2v) is 7.05. The zero-order valence-corrected chi connectivity index (χ0v) is 14.9. The SMILES string of the molecule is CC(=O)NC(c1nc(-c2ccccc2)nn1CC(C)(C)O)C(C)C. The first-order chi connectivity index (χ1) is 11.2. The Morgan fingerprint density at radius 1 is 1.29 bits per heavy atom. The maximum absolute atomic E-state index is 11.6. The lowest BCUT2D eigenvalue weighted by Gasteiger charge is -2.24. The van der Waals surface area contributed by atoms with Gasteiger partial charge in [-0.3, -0.25) is 4.79 Å². The summed E-state index contributed by atoms with van der Waals surface area (Å²) in [6.07, 6.45) is 0. The predicted octanol–water partition coefficient (Wildman–Crippen LogP) is 2.55. The average molecular weight is 330 g/mol. The molecule has 6 nitrogen and oxygen atoms in total. The van der Waals surface area contributed by atoms with Gasteiger partial charge in [-0.25, -0.2) is 9.67 Å². The first-order valence-electron chi connectivity index (χ1n) is 8.17. The van der Waals surface area contributed by atoms with Gasteiger partial charge in [0.2, 0.25) is 5.91 Å². The second kappa shape index (κ2) is 7.13. The summed E-state index contributed by atoms with van der Waals surface area (Å²) in [4.78, 5) is 16.3. The van der Waals surface area contributed by atoms with Crippen molar-refractivity contribution in [1.29, 1.82) is 0 Å². The van der Waals surface area contributed by atoms with Crippen molar-refractivity contribution in [2.75, 3.05) is 0 Å². The molecule has 0 bridgehead atoms. The van der Waals surface area contributed by atoms with Crippen LogP contribution in [0.15, 0.2) is 30.3 Å². The summed E-state index contributed by atoms with van der Waals surface area (Å²) >= 11 is 0. The molecule has 0 aliphatic carbocycles. The molecule has 0 fully saturated rings. The van der Waals surface area contributed by atoms with Crippen LogP contribution >= 0.6 is 0 Å². The number of amides is 1. The van der Waals surface area contributed by atoms with Gasteiger partial charge < -0.3 is 10.4 Å². The molecule has 0 spiro atoms. The van der Waals surface area contributed by atoms with E-state index in [9.17, 15) is 9.90 Å². The third kappa shape index (κ3) is 4.64. The van der Waals surface area contributed by atoms with Gasteiger partial charge in [0.15, 0.2) is 11.6 Å². The normalized spacial score (nSPS) is 13.1. The van der Waals surface area contributed by atoms with Crippen molar-refractivity contribution in [3.8, 4) is 11.4 Å². The van der Waals surface area contributed by atoms with E-state index in [4.69, 9.17) is 0 Å². The van der Waals surface area contributed by atoms with E-state index in [1.807, 2.05) is 44.2 Å². The molecular formula is C18H26N4O2. The standard InChI is InChI=1S/C18H26N4O2/c1-12(2)15(19-13(3)23)17-20-16(14-9-7-6-8-10-14)21-22(17)11-18(4,5)24/h6-10,12,15,24H,11H2,1-5H3,(H,19,23). The smallest absolute Gasteiger partial charge is 0.217 e. The van der Waals surface area contributed by atoms with Crippen molar-refractivity contribution in [3.05, 3.63) is 36.2 Å². The molecule has 0 aliphatic rings. The van der Waals surface area contributed by atoms with Gasteiger partial charge in [-0.1, -0.05) is 44.2 Å². The molecule has 0 radical (unpaired) electrons. The lowest BCUT2D eigenvalue weighted by atomic mass is 10.0. The first kappa shape index (κ1) is 18.1. The van der Waals surface area contributed by atoms with Crippen LogP contribution in [0.5, 0.6) is 0 Å². The molecule has 130 valence electrons. The monoisotopic (exact) mass is 330 g/mol. The van der Waals surface area contributed by atoms with E-state index in [1.165, 1.54) is 6.92 Å². The fourth-order valence-electron chi connectivity index (χ4n) is 2.52. The number of carbonyl (C=O) groups is 1. The van der Waals surface area contributed by atoms with Crippen LogP contribution in [0.3, 0.4) is 0 Å². The van der Waals surface area contributed by atoms with Gasteiger partial charge >= 0.3 is 0 Å². The number of aliphatic hydroxyl groups is 1. The quantitative estimate of drug-likeness (QED) is 0.853. The topological polar surface area (TPSA) is 80.0 Å². The highest BCUT2D eigenvalue weighted by atomic mass is 16.3. The van der Waals surface area contributed by atoms with Crippen LogP contribution in [0.1, 0.15) is 46.5 Å². The molecule has 1 aromatic carbocycles. The lowest BCUT2D eigenvalue weighted by Crippen LogP contribution is -2.35. The summed E-state index contributed by atoms with van der Waals surface area (Å²) in [5.41, 5.74) is -0.0349. The highest BCUT2D eigenvalue weighted by Crippen LogP contribution is 2.25. The van der Waals surface area contributed by atoms with E-state index in [0.717, 1.165) is 5.56 Å². The van der Waals surface area contributed by atoms with Gasteiger partial charge in [0.1, 0.15) is 0 Å². The van der Waals surface area contributed by atoms with Crippen LogP contribution in [0.4, 0.5) is 0 Å². The van der Waals surface area contributed by atoms with Crippen molar-refractivity contribution < 1.29 is 9.90 Å². The van der Waals surface area contributed by atoms with Crippen LogP contribution in [0, 0.1) is 5.92 Å². The van der Waals surface area contributed by atoms with Gasteiger partial charge in [-0.05, 0) is 19.8 Å². The van der Waals surface area contributed by atoms with Crippen LogP contribution < -0.4 is 5.32 Å². The molecule has 6 heteroatoms. The summed E-state index contributed by atoms with van der Waals surface area (Å²) in [6, 6.07) is 9.41. The van der Waals surface area contributed by atoms with Gasteiger partial charge in [0.05, 0.1) is 18.2 Å². The summed E-state index contributed by atoms with van der Waals surface area (Å²) in [6.45, 7) is 9.28. The van der Waals surface area contributed by atoms with E-state index < -0.39 is 5.60 Å². The third-order valence-corrected chi connectivity index (χ3v) is 3.57. The first-order valence-corrected chi connectivity index (χ1v) is 8.17. The van der Waals surface area contributed by atoms with Crippen molar-refractivity contribution in [1.82, 2.24) is 20.1 Å². The Kier molecular flexibility index (Phi) is 5.39. The van der Waals surface area contributed by atoms with Gasteiger partial charge in [-0.15, -0.1) is 0 Å². The molecule has 1 atom stereocenters. The fourth-order valence-corrected chi connectivity index (χ4v) is 2.52. The van der Waals surface area contributed by atoms with Crippen LogP contribution in [-0.2, 0) is 11.3 Å². The number of carbonyl (C=O) groups excluding carboxylic acids is 1. The minimum Gasteiger partial charge on any atom is -0.389 e. The molecule has 2 aromatic rings. The number of rotatable bonds is 6. The highest BCUT2D eigenvalue weighted by Gasteiger charge is 2.27. The minimum absolute atomic E-state index is 0.118. The predicted molar refractivity (Wildman–Crippen MR) is 93.2 cm³/mol. The number of nitrogens with one attached hydrogen (secondary N) is 1. The maximum Gasteiger partial charge on any atom is 0.217 e. The zero-order valence-electron chi connectivity index (χ0n) is 14.9. The molecule has 1 unspecified atom stereocenters. The van der Waals surface area contributed by atoms with Gasteiger partial charge in [0, 0.05) is 12.5 Å². The highest BCUT2D eigenvalue weighted by molar-refractivity contribution is 5.73. The van der Waals surface area contributed by atoms with E-state index in [-0.39, 0.29) is 17.9 Å². The van der Waals surface area contributed by atoms with E-state index in [0.29, 0.717) is 18.2 Å². The molecule has 1 aromatic heterocycles. The number of hydrogen-bond acceptors (Lipinski definition) is 4. The zero-order chi connectivity index (χ0) is 17.9. The van der Waals surface area contributed by atoms with Crippen molar-refractivity contribution in [2.24, 2.45) is 5.92 Å². The Morgan fingerprint density at radius 3 is 2.42 bits per heavy atom. The largest absolute Gasteiger partial charge is 0.389 e. The summed E-state index contributed by atoms with van der Waals surface area (Å²) in [7, 11) is 0. The number of hydrogen-bond donors (Lipinski definition) is 2. The molecular weight excluding hydrogens is 304 g/mol. The average Bonchev–Trinajstić information content (AvgIpc) is 2.86. The van der Waals surface area contributed by atoms with Crippen LogP contribution in [-0.4, -0.2) is 31.4 Å². The molecule has 0 saturated heterocycles.